The van der Waals surface area contributed by atoms with Crippen molar-refractivity contribution in [3.63, 3.8) is 0 Å². The van der Waals surface area contributed by atoms with Crippen LogP contribution in [0.3, 0.4) is 0 Å². The fourth-order valence-electron chi connectivity index (χ4n) is 1.81. The van der Waals surface area contributed by atoms with Gasteiger partial charge in [-0.3, -0.25) is 0 Å². The van der Waals surface area contributed by atoms with Gasteiger partial charge in [0.05, 0.1) is 9.92 Å². The summed E-state index contributed by atoms with van der Waals surface area (Å²) in [4.78, 5) is -0.0782. The number of primary sulfonamides is 1. The molecule has 1 aliphatic heterocycles. The zero-order valence-electron chi connectivity index (χ0n) is 10.6. The number of halogens is 1. The molecular formula is C13H10ClNO5S. The highest BCUT2D eigenvalue weighted by molar-refractivity contribution is 7.89. The van der Waals surface area contributed by atoms with Crippen molar-refractivity contribution in [1.82, 2.24) is 0 Å². The minimum absolute atomic E-state index is 0.0782. The van der Waals surface area contributed by atoms with E-state index in [2.05, 4.69) is 0 Å². The summed E-state index contributed by atoms with van der Waals surface area (Å²) in [5, 5.41) is 5.17. The Hall–Kier alpha value is -1.96. The predicted molar refractivity (Wildman–Crippen MR) is 75.5 cm³/mol. The molecule has 21 heavy (non-hydrogen) atoms. The van der Waals surface area contributed by atoms with Gasteiger partial charge in [0.1, 0.15) is 11.5 Å². The molecule has 6 nitrogen and oxygen atoms in total. The molecule has 1 heterocycles. The molecule has 0 aromatic heterocycles. The molecule has 3 rings (SSSR count). The molecule has 2 aromatic rings. The van der Waals surface area contributed by atoms with E-state index in [0.717, 1.165) is 0 Å². The van der Waals surface area contributed by atoms with E-state index in [1.165, 1.54) is 18.2 Å². The van der Waals surface area contributed by atoms with Crippen LogP contribution in [-0.2, 0) is 10.0 Å². The number of sulfonamides is 1. The van der Waals surface area contributed by atoms with Gasteiger partial charge in [-0.1, -0.05) is 11.6 Å². The van der Waals surface area contributed by atoms with E-state index in [1.54, 1.807) is 18.2 Å². The maximum atomic E-state index is 11.2. The van der Waals surface area contributed by atoms with Gasteiger partial charge in [-0.15, -0.1) is 0 Å². The van der Waals surface area contributed by atoms with E-state index >= 15 is 0 Å². The van der Waals surface area contributed by atoms with Crippen molar-refractivity contribution in [3.05, 3.63) is 41.4 Å². The van der Waals surface area contributed by atoms with Crippen molar-refractivity contribution in [2.45, 2.75) is 4.90 Å². The van der Waals surface area contributed by atoms with Crippen LogP contribution in [-0.4, -0.2) is 15.2 Å². The molecule has 0 amide bonds. The summed E-state index contributed by atoms with van der Waals surface area (Å²) in [5.74, 6) is 2.01. The normalized spacial score (nSPS) is 13.2. The van der Waals surface area contributed by atoms with E-state index in [-0.39, 0.29) is 16.7 Å². The van der Waals surface area contributed by atoms with E-state index in [0.29, 0.717) is 23.0 Å². The number of nitrogens with two attached hydrogens (primary N) is 1. The third kappa shape index (κ3) is 2.90. The lowest BCUT2D eigenvalue weighted by Gasteiger charge is -2.09. The quantitative estimate of drug-likeness (QED) is 0.935. The van der Waals surface area contributed by atoms with E-state index in [9.17, 15) is 8.42 Å². The number of fused-ring (bicyclic) bond motifs is 1. The largest absolute Gasteiger partial charge is 0.456 e. The van der Waals surface area contributed by atoms with Crippen molar-refractivity contribution in [2.75, 3.05) is 6.79 Å². The zero-order chi connectivity index (χ0) is 15.0. The number of rotatable bonds is 3. The molecule has 0 bridgehead atoms. The zero-order valence-corrected chi connectivity index (χ0v) is 12.1. The van der Waals surface area contributed by atoms with Crippen LogP contribution in [0, 0.1) is 0 Å². The third-order valence-corrected chi connectivity index (χ3v) is 4.01. The highest BCUT2D eigenvalue weighted by atomic mass is 35.5. The van der Waals surface area contributed by atoms with Crippen LogP contribution in [0.4, 0.5) is 0 Å². The Morgan fingerprint density at radius 3 is 2.57 bits per heavy atom. The second-order valence-corrected chi connectivity index (χ2v) is 6.22. The molecular weight excluding hydrogens is 318 g/mol. The highest BCUT2D eigenvalue weighted by Crippen LogP contribution is 2.38. The average molecular weight is 328 g/mol. The summed E-state index contributed by atoms with van der Waals surface area (Å²) in [5.41, 5.74) is 0. The van der Waals surface area contributed by atoms with Gasteiger partial charge in [-0.25, -0.2) is 13.6 Å². The molecule has 2 N–H and O–H groups in total. The molecule has 1 aliphatic rings. The van der Waals surface area contributed by atoms with E-state index in [4.69, 9.17) is 31.0 Å². The van der Waals surface area contributed by atoms with E-state index in [1.807, 2.05) is 0 Å². The average Bonchev–Trinajstić information content (AvgIpc) is 2.87. The van der Waals surface area contributed by atoms with Crippen molar-refractivity contribution in [2.24, 2.45) is 5.14 Å². The van der Waals surface area contributed by atoms with Gasteiger partial charge in [0.2, 0.25) is 16.8 Å². The second kappa shape index (κ2) is 5.10. The summed E-state index contributed by atoms with van der Waals surface area (Å²) >= 11 is 6.00. The molecule has 0 unspecified atom stereocenters. The molecule has 2 aromatic carbocycles. The van der Waals surface area contributed by atoms with Crippen LogP contribution in [0.1, 0.15) is 0 Å². The number of ether oxygens (including phenoxy) is 3. The maximum Gasteiger partial charge on any atom is 0.238 e. The number of hydrogen-bond acceptors (Lipinski definition) is 5. The minimum atomic E-state index is -3.80. The lowest BCUT2D eigenvalue weighted by molar-refractivity contribution is 0.174. The van der Waals surface area contributed by atoms with Gasteiger partial charge in [-0.05, 0) is 30.3 Å². The van der Waals surface area contributed by atoms with Gasteiger partial charge in [-0.2, -0.15) is 0 Å². The van der Waals surface area contributed by atoms with Gasteiger partial charge in [0.25, 0.3) is 0 Å². The lowest BCUT2D eigenvalue weighted by atomic mass is 10.3. The number of hydrogen-bond donors (Lipinski definition) is 1. The first-order chi connectivity index (χ1) is 9.93. The number of benzene rings is 2. The molecule has 110 valence electrons. The van der Waals surface area contributed by atoms with Gasteiger partial charge >= 0.3 is 0 Å². The fourth-order valence-corrected chi connectivity index (χ4v) is 2.63. The Morgan fingerprint density at radius 1 is 1.10 bits per heavy atom. The topological polar surface area (TPSA) is 87.9 Å². The first-order valence-corrected chi connectivity index (χ1v) is 7.76. The molecule has 0 radical (unpaired) electrons. The van der Waals surface area contributed by atoms with Crippen molar-refractivity contribution < 1.29 is 22.6 Å². The van der Waals surface area contributed by atoms with Crippen molar-refractivity contribution >= 4 is 21.6 Å². The fraction of sp³-hybridized carbons (Fsp3) is 0.0769. The van der Waals surface area contributed by atoms with Crippen LogP contribution in [0.2, 0.25) is 5.02 Å². The van der Waals surface area contributed by atoms with Gasteiger partial charge in [0.15, 0.2) is 11.5 Å². The minimum Gasteiger partial charge on any atom is -0.456 e. The Morgan fingerprint density at radius 2 is 1.86 bits per heavy atom. The molecule has 0 saturated heterocycles. The Bertz CT molecular complexity index is 806. The summed E-state index contributed by atoms with van der Waals surface area (Å²) in [6, 6.07) is 9.06. The van der Waals surface area contributed by atoms with Gasteiger partial charge in [0, 0.05) is 6.07 Å². The molecule has 0 spiro atoms. The molecule has 0 saturated carbocycles. The van der Waals surface area contributed by atoms with Crippen molar-refractivity contribution in [3.8, 4) is 23.0 Å². The molecule has 8 heteroatoms. The summed E-state index contributed by atoms with van der Waals surface area (Å²) < 4.78 is 38.5. The van der Waals surface area contributed by atoms with Gasteiger partial charge < -0.3 is 14.2 Å². The van der Waals surface area contributed by atoms with Crippen LogP contribution in [0.5, 0.6) is 23.0 Å². The standard InChI is InChI=1S/C13H10ClNO5S/c14-10-6-9(21(15,16)17)2-4-11(10)20-8-1-3-12-13(5-8)19-7-18-12/h1-6H,7H2,(H2,15,16,17). The van der Waals surface area contributed by atoms with Crippen LogP contribution >= 0.6 is 11.6 Å². The molecule has 0 atom stereocenters. The van der Waals surface area contributed by atoms with Crippen LogP contribution in [0.25, 0.3) is 0 Å². The Kier molecular flexibility index (Phi) is 3.40. The third-order valence-electron chi connectivity index (χ3n) is 2.80. The highest BCUT2D eigenvalue weighted by Gasteiger charge is 2.15. The molecule has 0 aliphatic carbocycles. The van der Waals surface area contributed by atoms with Crippen LogP contribution in [0.15, 0.2) is 41.3 Å². The maximum absolute atomic E-state index is 11.2. The first-order valence-electron chi connectivity index (χ1n) is 5.83. The summed E-state index contributed by atoms with van der Waals surface area (Å²) in [6.07, 6.45) is 0. The molecule has 0 fully saturated rings. The first kappa shape index (κ1) is 14.0. The SMILES string of the molecule is NS(=O)(=O)c1ccc(Oc2ccc3c(c2)OCO3)c(Cl)c1. The lowest BCUT2D eigenvalue weighted by Crippen LogP contribution is -2.11. The van der Waals surface area contributed by atoms with Crippen LogP contribution < -0.4 is 19.3 Å². The predicted octanol–water partition coefficient (Wildman–Crippen LogP) is 2.51. The summed E-state index contributed by atoms with van der Waals surface area (Å²) in [7, 11) is -3.80. The summed E-state index contributed by atoms with van der Waals surface area (Å²) in [6.45, 7) is 0.169. The van der Waals surface area contributed by atoms with Crippen molar-refractivity contribution in [1.29, 1.82) is 0 Å². The second-order valence-electron chi connectivity index (χ2n) is 4.25. The monoisotopic (exact) mass is 327 g/mol. The van der Waals surface area contributed by atoms with E-state index < -0.39 is 10.0 Å². The Labute approximate surface area is 126 Å². The Balaban J connectivity index is 1.88. The smallest absolute Gasteiger partial charge is 0.238 e.